The average molecular weight is 145 g/mol. The van der Waals surface area contributed by atoms with E-state index in [1.165, 1.54) is 0 Å². The summed E-state index contributed by atoms with van der Waals surface area (Å²) in [5.41, 5.74) is 5.22. The molecule has 0 bridgehead atoms. The van der Waals surface area contributed by atoms with Crippen molar-refractivity contribution in [3.05, 3.63) is 0 Å². The second-order valence-electron chi connectivity index (χ2n) is 1.63. The Kier molecular flexibility index (Phi) is 4.13. The van der Waals surface area contributed by atoms with E-state index in [1.54, 1.807) is 18.7 Å². The zero-order chi connectivity index (χ0) is 7.28. The summed E-state index contributed by atoms with van der Waals surface area (Å²) in [5, 5.41) is 7.13. The van der Waals surface area contributed by atoms with Gasteiger partial charge >= 0.3 is 0 Å². The lowest BCUT2D eigenvalue weighted by atomic mass is 10.6. The Balaban J connectivity index is 3.63. The normalized spacial score (nSPS) is 11.6. The van der Waals surface area contributed by atoms with Crippen LogP contribution in [-0.2, 0) is 0 Å². The molecule has 0 aromatic heterocycles. The largest absolute Gasteiger partial charge is 0.387 e. The number of amidine groups is 2. The number of nitrogens with one attached hydrogen (secondary N) is 1. The van der Waals surface area contributed by atoms with Crippen molar-refractivity contribution in [2.24, 2.45) is 10.7 Å². The number of nitrogens with two attached hydrogens (primary N) is 1. The van der Waals surface area contributed by atoms with Gasteiger partial charge in [-0.05, 0) is 13.2 Å². The lowest BCUT2D eigenvalue weighted by molar-refractivity contribution is 1.39. The van der Waals surface area contributed by atoms with E-state index in [-0.39, 0.29) is 0 Å². The summed E-state index contributed by atoms with van der Waals surface area (Å²) < 4.78 is 0. The third kappa shape index (κ3) is 5.36. The first-order valence-electron chi connectivity index (χ1n) is 2.54. The van der Waals surface area contributed by atoms with Crippen LogP contribution in [0.4, 0.5) is 0 Å². The minimum atomic E-state index is 0.336. The van der Waals surface area contributed by atoms with Gasteiger partial charge in [0.2, 0.25) is 0 Å². The van der Waals surface area contributed by atoms with E-state index in [2.05, 4.69) is 4.99 Å². The maximum atomic E-state index is 7.13. The lowest BCUT2D eigenvalue weighted by Crippen LogP contribution is -2.09. The zero-order valence-electron chi connectivity index (χ0n) is 5.64. The van der Waals surface area contributed by atoms with Gasteiger partial charge in [0.05, 0.1) is 11.6 Å². The molecule has 52 valence electrons. The van der Waals surface area contributed by atoms with Crippen LogP contribution in [0.15, 0.2) is 4.99 Å². The van der Waals surface area contributed by atoms with Gasteiger partial charge in [-0.15, -0.1) is 0 Å². The maximum Gasteiger partial charge on any atom is 0.132 e. The summed E-state index contributed by atoms with van der Waals surface area (Å²) in [6.07, 6.45) is 1.93. The molecule has 0 aromatic rings. The monoisotopic (exact) mass is 145 g/mol. The standard InChI is InChI=1S/C5H11N3S/c1-4(6)8-5(7)3-9-2/h3H2,1-2H3,(H3,6,7,8). The van der Waals surface area contributed by atoms with Crippen molar-refractivity contribution in [3.8, 4) is 0 Å². The second-order valence-corrected chi connectivity index (χ2v) is 2.50. The fourth-order valence-electron chi connectivity index (χ4n) is 0.382. The molecule has 0 radical (unpaired) electrons. The summed E-state index contributed by atoms with van der Waals surface area (Å²) in [4.78, 5) is 3.72. The highest BCUT2D eigenvalue weighted by Crippen LogP contribution is 1.92. The predicted molar refractivity (Wildman–Crippen MR) is 43.4 cm³/mol. The summed E-state index contributed by atoms with van der Waals surface area (Å²) in [5.74, 6) is 1.42. The molecular formula is C5H11N3S. The molecule has 3 N–H and O–H groups in total. The van der Waals surface area contributed by atoms with Crippen LogP contribution in [0.1, 0.15) is 6.92 Å². The van der Waals surface area contributed by atoms with Crippen molar-refractivity contribution >= 4 is 23.4 Å². The molecule has 0 aliphatic heterocycles. The molecule has 0 rings (SSSR count). The van der Waals surface area contributed by atoms with E-state index in [0.29, 0.717) is 17.4 Å². The van der Waals surface area contributed by atoms with Gasteiger partial charge in [-0.3, -0.25) is 5.41 Å². The molecule has 0 atom stereocenters. The third-order valence-electron chi connectivity index (χ3n) is 0.592. The SMILES string of the molecule is CSCC(=N)N=C(C)N. The molecule has 0 unspecified atom stereocenters. The van der Waals surface area contributed by atoms with Gasteiger partial charge in [0, 0.05) is 0 Å². The van der Waals surface area contributed by atoms with E-state index in [9.17, 15) is 0 Å². The highest BCUT2D eigenvalue weighted by molar-refractivity contribution is 7.99. The van der Waals surface area contributed by atoms with Crippen molar-refractivity contribution < 1.29 is 0 Å². The molecule has 0 saturated heterocycles. The van der Waals surface area contributed by atoms with Gasteiger partial charge < -0.3 is 5.73 Å². The first-order valence-corrected chi connectivity index (χ1v) is 3.93. The summed E-state index contributed by atoms with van der Waals surface area (Å²) >= 11 is 1.56. The van der Waals surface area contributed by atoms with E-state index in [0.717, 1.165) is 0 Å². The second kappa shape index (κ2) is 4.38. The summed E-state index contributed by atoms with van der Waals surface area (Å²) in [6.45, 7) is 1.68. The number of rotatable bonds is 2. The van der Waals surface area contributed by atoms with Crippen LogP contribution in [-0.4, -0.2) is 23.7 Å². The van der Waals surface area contributed by atoms with Gasteiger partial charge in [0.15, 0.2) is 0 Å². The van der Waals surface area contributed by atoms with Crippen LogP contribution in [0.5, 0.6) is 0 Å². The van der Waals surface area contributed by atoms with Gasteiger partial charge in [0.25, 0.3) is 0 Å². The zero-order valence-corrected chi connectivity index (χ0v) is 6.46. The molecule has 0 saturated carbocycles. The minimum absolute atomic E-state index is 0.336. The van der Waals surface area contributed by atoms with Crippen molar-refractivity contribution in [2.75, 3.05) is 12.0 Å². The fourth-order valence-corrected chi connectivity index (χ4v) is 0.720. The molecular weight excluding hydrogens is 134 g/mol. The third-order valence-corrected chi connectivity index (χ3v) is 1.15. The van der Waals surface area contributed by atoms with Gasteiger partial charge in [-0.1, -0.05) is 0 Å². The van der Waals surface area contributed by atoms with Crippen LogP contribution in [0, 0.1) is 5.41 Å². The molecule has 0 aliphatic rings. The molecule has 0 spiro atoms. The fraction of sp³-hybridized carbons (Fsp3) is 0.600. The van der Waals surface area contributed by atoms with E-state index < -0.39 is 0 Å². The molecule has 3 nitrogen and oxygen atoms in total. The molecule has 9 heavy (non-hydrogen) atoms. The van der Waals surface area contributed by atoms with E-state index in [1.807, 2.05) is 6.26 Å². The van der Waals surface area contributed by atoms with Crippen molar-refractivity contribution in [1.82, 2.24) is 0 Å². The van der Waals surface area contributed by atoms with Crippen LogP contribution >= 0.6 is 11.8 Å². The Morgan fingerprint density at radius 3 is 2.67 bits per heavy atom. The predicted octanol–water partition coefficient (Wildman–Crippen LogP) is 0.704. The molecule has 0 aromatic carbocycles. The summed E-state index contributed by atoms with van der Waals surface area (Å²) in [6, 6.07) is 0. The topological polar surface area (TPSA) is 62.2 Å². The minimum Gasteiger partial charge on any atom is -0.387 e. The number of nitrogens with zero attached hydrogens (tertiary/aromatic N) is 1. The van der Waals surface area contributed by atoms with Crippen LogP contribution in [0.2, 0.25) is 0 Å². The first kappa shape index (κ1) is 8.49. The smallest absolute Gasteiger partial charge is 0.132 e. The van der Waals surface area contributed by atoms with Gasteiger partial charge in [0.1, 0.15) is 5.84 Å². The number of thioether (sulfide) groups is 1. The Morgan fingerprint density at radius 2 is 2.33 bits per heavy atom. The van der Waals surface area contributed by atoms with Gasteiger partial charge in [-0.2, -0.15) is 11.8 Å². The van der Waals surface area contributed by atoms with Crippen LogP contribution < -0.4 is 5.73 Å². The number of aliphatic imine (C=N–C) groups is 1. The molecule has 0 amide bonds. The maximum absolute atomic E-state index is 7.13. The van der Waals surface area contributed by atoms with E-state index >= 15 is 0 Å². The molecule has 0 fully saturated rings. The Labute approximate surface area is 59.2 Å². The van der Waals surface area contributed by atoms with Gasteiger partial charge in [-0.25, -0.2) is 4.99 Å². The Hall–Kier alpha value is -0.510. The molecule has 4 heteroatoms. The van der Waals surface area contributed by atoms with Crippen LogP contribution in [0.25, 0.3) is 0 Å². The lowest BCUT2D eigenvalue weighted by Gasteiger charge is -1.92. The quantitative estimate of drug-likeness (QED) is 0.444. The first-order chi connectivity index (χ1) is 4.16. The Morgan fingerprint density at radius 1 is 1.78 bits per heavy atom. The Bertz CT molecular complexity index is 126. The van der Waals surface area contributed by atoms with Crippen molar-refractivity contribution in [3.63, 3.8) is 0 Å². The van der Waals surface area contributed by atoms with E-state index in [4.69, 9.17) is 11.1 Å². The van der Waals surface area contributed by atoms with Crippen LogP contribution in [0.3, 0.4) is 0 Å². The number of hydrogen-bond donors (Lipinski definition) is 2. The van der Waals surface area contributed by atoms with Crippen molar-refractivity contribution in [2.45, 2.75) is 6.92 Å². The average Bonchev–Trinajstić information content (AvgIpc) is 1.63. The molecule has 0 heterocycles. The highest BCUT2D eigenvalue weighted by Gasteiger charge is 1.89. The number of hydrogen-bond acceptors (Lipinski definition) is 2. The highest BCUT2D eigenvalue weighted by atomic mass is 32.2. The van der Waals surface area contributed by atoms with Crippen molar-refractivity contribution in [1.29, 1.82) is 5.41 Å². The molecule has 0 aliphatic carbocycles. The summed E-state index contributed by atoms with van der Waals surface area (Å²) in [7, 11) is 0.